The number of rotatable bonds is 3. The molecule has 0 aliphatic rings. The Hall–Kier alpha value is -1.20. The summed E-state index contributed by atoms with van der Waals surface area (Å²) in [7, 11) is 0. The van der Waals surface area contributed by atoms with Gasteiger partial charge in [-0.1, -0.05) is 11.6 Å². The number of amides is 1. The van der Waals surface area contributed by atoms with Crippen molar-refractivity contribution in [2.75, 3.05) is 13.2 Å². The first-order chi connectivity index (χ1) is 6.25. The minimum atomic E-state index is -0.415. The van der Waals surface area contributed by atoms with Gasteiger partial charge in [0.15, 0.2) is 0 Å². The van der Waals surface area contributed by atoms with Crippen molar-refractivity contribution in [1.29, 1.82) is 0 Å². The van der Waals surface area contributed by atoms with Crippen LogP contribution >= 0.6 is 11.6 Å². The highest BCUT2D eigenvalue weighted by molar-refractivity contribution is 6.33. The zero-order chi connectivity index (χ0) is 9.68. The minimum Gasteiger partial charge on any atom is -0.395 e. The number of halogens is 1. The second kappa shape index (κ2) is 4.74. The van der Waals surface area contributed by atoms with E-state index in [4.69, 9.17) is 16.7 Å². The number of aliphatic hydroxyl groups is 1. The molecule has 2 N–H and O–H groups in total. The van der Waals surface area contributed by atoms with Crippen LogP contribution in [0.25, 0.3) is 0 Å². The van der Waals surface area contributed by atoms with Crippen LogP contribution in [0, 0.1) is 0 Å². The third kappa shape index (κ3) is 2.64. The van der Waals surface area contributed by atoms with Crippen molar-refractivity contribution in [3.8, 4) is 0 Å². The Morgan fingerprint density at radius 3 is 3.08 bits per heavy atom. The van der Waals surface area contributed by atoms with Gasteiger partial charge in [0.25, 0.3) is 5.91 Å². The Bertz CT molecular complexity index is 306. The van der Waals surface area contributed by atoms with E-state index in [2.05, 4.69) is 15.3 Å². The van der Waals surface area contributed by atoms with E-state index in [1.165, 1.54) is 12.5 Å². The number of nitrogens with one attached hydrogen (secondary N) is 1. The highest BCUT2D eigenvalue weighted by Gasteiger charge is 2.10. The Morgan fingerprint density at radius 1 is 1.69 bits per heavy atom. The maximum Gasteiger partial charge on any atom is 0.271 e. The van der Waals surface area contributed by atoms with E-state index in [1.54, 1.807) is 0 Å². The molecular formula is C7H8ClN3O2. The Morgan fingerprint density at radius 2 is 2.46 bits per heavy atom. The van der Waals surface area contributed by atoms with Crippen LogP contribution in [0.4, 0.5) is 0 Å². The lowest BCUT2D eigenvalue weighted by molar-refractivity contribution is 0.0940. The van der Waals surface area contributed by atoms with E-state index in [9.17, 15) is 4.79 Å². The van der Waals surface area contributed by atoms with Crippen molar-refractivity contribution >= 4 is 17.5 Å². The molecule has 0 saturated heterocycles. The first-order valence-electron chi connectivity index (χ1n) is 3.60. The fourth-order valence-corrected chi connectivity index (χ4v) is 0.924. The normalized spacial score (nSPS) is 9.69. The average Bonchev–Trinajstić information content (AvgIpc) is 2.15. The van der Waals surface area contributed by atoms with Gasteiger partial charge >= 0.3 is 0 Å². The van der Waals surface area contributed by atoms with Crippen molar-refractivity contribution < 1.29 is 9.90 Å². The van der Waals surface area contributed by atoms with Crippen LogP contribution in [0.2, 0.25) is 5.02 Å². The summed E-state index contributed by atoms with van der Waals surface area (Å²) >= 11 is 5.65. The van der Waals surface area contributed by atoms with Crippen LogP contribution in [0.1, 0.15) is 10.5 Å². The summed E-state index contributed by atoms with van der Waals surface area (Å²) in [4.78, 5) is 18.6. The molecule has 13 heavy (non-hydrogen) atoms. The van der Waals surface area contributed by atoms with Crippen LogP contribution < -0.4 is 5.32 Å². The molecule has 1 heterocycles. The number of hydrogen-bond donors (Lipinski definition) is 2. The highest BCUT2D eigenvalue weighted by atomic mass is 35.5. The lowest BCUT2D eigenvalue weighted by Crippen LogP contribution is -2.27. The number of nitrogens with zero attached hydrogens (tertiary/aromatic N) is 2. The van der Waals surface area contributed by atoms with Crippen LogP contribution in [0.5, 0.6) is 0 Å². The summed E-state index contributed by atoms with van der Waals surface area (Å²) in [5.41, 5.74) is 0.116. The molecule has 0 bridgehead atoms. The largest absolute Gasteiger partial charge is 0.395 e. The SMILES string of the molecule is O=C(NCCO)c1ncncc1Cl. The molecule has 6 heteroatoms. The zero-order valence-corrected chi connectivity index (χ0v) is 7.45. The van der Waals surface area contributed by atoms with Gasteiger partial charge in [0.05, 0.1) is 11.6 Å². The second-order valence-electron chi connectivity index (χ2n) is 2.20. The Kier molecular flexibility index (Phi) is 3.60. The first kappa shape index (κ1) is 9.88. The summed E-state index contributed by atoms with van der Waals surface area (Å²) in [6.45, 7) is 0.0631. The fourth-order valence-electron chi connectivity index (χ4n) is 0.733. The monoisotopic (exact) mass is 201 g/mol. The van der Waals surface area contributed by atoms with Gasteiger partial charge in [-0.05, 0) is 0 Å². The number of carbonyl (C=O) groups is 1. The van der Waals surface area contributed by atoms with Crippen LogP contribution in [0.15, 0.2) is 12.5 Å². The molecule has 0 fully saturated rings. The van der Waals surface area contributed by atoms with Crippen LogP contribution in [0.3, 0.4) is 0 Å². The van der Waals surface area contributed by atoms with Crippen molar-refractivity contribution in [2.24, 2.45) is 0 Å². The summed E-state index contributed by atoms with van der Waals surface area (Å²) in [5, 5.41) is 11.1. The quantitative estimate of drug-likeness (QED) is 0.714. The van der Waals surface area contributed by atoms with Gasteiger partial charge in [0.2, 0.25) is 0 Å². The summed E-state index contributed by atoms with van der Waals surface area (Å²) in [6.07, 6.45) is 2.57. The summed E-state index contributed by atoms with van der Waals surface area (Å²) in [6, 6.07) is 0. The van der Waals surface area contributed by atoms with Crippen LogP contribution in [-0.2, 0) is 0 Å². The van der Waals surface area contributed by atoms with E-state index < -0.39 is 5.91 Å². The molecule has 0 spiro atoms. The number of aromatic nitrogens is 2. The topological polar surface area (TPSA) is 75.1 Å². The van der Waals surface area contributed by atoms with Crippen molar-refractivity contribution in [1.82, 2.24) is 15.3 Å². The van der Waals surface area contributed by atoms with E-state index in [-0.39, 0.29) is 23.9 Å². The van der Waals surface area contributed by atoms with E-state index in [1.807, 2.05) is 0 Å². The van der Waals surface area contributed by atoms with E-state index in [0.29, 0.717) is 0 Å². The molecule has 70 valence electrons. The molecule has 0 aliphatic heterocycles. The number of aliphatic hydroxyl groups excluding tert-OH is 1. The zero-order valence-electron chi connectivity index (χ0n) is 6.70. The standard InChI is InChI=1S/C7H8ClN3O2/c8-5-3-9-4-11-6(5)7(13)10-1-2-12/h3-4,12H,1-2H2,(H,10,13). The molecule has 5 nitrogen and oxygen atoms in total. The molecule has 0 saturated carbocycles. The summed E-state index contributed by atoms with van der Waals surface area (Å²) < 4.78 is 0. The van der Waals surface area contributed by atoms with Crippen LogP contribution in [-0.4, -0.2) is 34.1 Å². The average molecular weight is 202 g/mol. The predicted octanol–water partition coefficient (Wildman–Crippen LogP) is -0.148. The van der Waals surface area contributed by atoms with Gasteiger partial charge < -0.3 is 10.4 Å². The molecule has 1 aromatic rings. The lowest BCUT2D eigenvalue weighted by Gasteiger charge is -2.02. The minimum absolute atomic E-state index is 0.116. The molecule has 1 aromatic heterocycles. The smallest absolute Gasteiger partial charge is 0.271 e. The molecule has 0 aliphatic carbocycles. The maximum absolute atomic E-state index is 11.2. The molecule has 1 amide bonds. The van der Waals surface area contributed by atoms with Gasteiger partial charge in [-0.25, -0.2) is 9.97 Å². The lowest BCUT2D eigenvalue weighted by atomic mass is 10.4. The first-order valence-corrected chi connectivity index (χ1v) is 3.98. The molecule has 0 aromatic carbocycles. The Labute approximate surface area is 79.8 Å². The molecular weight excluding hydrogens is 194 g/mol. The van der Waals surface area contributed by atoms with Gasteiger partial charge in [0.1, 0.15) is 12.0 Å². The van der Waals surface area contributed by atoms with Crippen molar-refractivity contribution in [3.63, 3.8) is 0 Å². The van der Waals surface area contributed by atoms with Gasteiger partial charge in [-0.15, -0.1) is 0 Å². The maximum atomic E-state index is 11.2. The van der Waals surface area contributed by atoms with Gasteiger partial charge in [-0.3, -0.25) is 4.79 Å². The number of carbonyl (C=O) groups excluding carboxylic acids is 1. The molecule has 0 atom stereocenters. The Balaban J connectivity index is 2.71. The van der Waals surface area contributed by atoms with Crippen molar-refractivity contribution in [3.05, 3.63) is 23.2 Å². The molecule has 0 unspecified atom stereocenters. The molecule has 1 rings (SSSR count). The van der Waals surface area contributed by atoms with E-state index in [0.717, 1.165) is 0 Å². The predicted molar refractivity (Wildman–Crippen MR) is 46.5 cm³/mol. The highest BCUT2D eigenvalue weighted by Crippen LogP contribution is 2.09. The fraction of sp³-hybridized carbons (Fsp3) is 0.286. The van der Waals surface area contributed by atoms with Gasteiger partial charge in [0, 0.05) is 12.7 Å². The molecule has 0 radical (unpaired) electrons. The van der Waals surface area contributed by atoms with E-state index >= 15 is 0 Å². The third-order valence-corrected chi connectivity index (χ3v) is 1.56. The third-order valence-electron chi connectivity index (χ3n) is 1.28. The van der Waals surface area contributed by atoms with Gasteiger partial charge in [-0.2, -0.15) is 0 Å². The number of hydrogen-bond acceptors (Lipinski definition) is 4. The summed E-state index contributed by atoms with van der Waals surface area (Å²) in [5.74, 6) is -0.415. The second-order valence-corrected chi connectivity index (χ2v) is 2.61. The van der Waals surface area contributed by atoms with Crippen molar-refractivity contribution in [2.45, 2.75) is 0 Å².